The average molecular weight is 226 g/mol. The molecular formula is C12H18O4-2. The smallest absolute Gasteiger partial charge is 0.0445 e. The number of carbonyl (C=O) groups is 2. The molecule has 1 rings (SSSR count). The summed E-state index contributed by atoms with van der Waals surface area (Å²) in [7, 11) is 0. The normalized spacial score (nSPS) is 31.1. The van der Waals surface area contributed by atoms with Crippen LogP contribution >= 0.6 is 0 Å². The Morgan fingerprint density at radius 1 is 0.938 bits per heavy atom. The molecule has 92 valence electrons. The minimum Gasteiger partial charge on any atom is -0.550 e. The molecule has 1 saturated carbocycles. The standard InChI is InChI=1S/C12H20O4/c1-12(2,3)9-5-7(10(13)14)4-8(6-9)11(15)16/h7-9H,4-6H2,1-3H3,(H,13,14)(H,15,16)/p-2/t7-,8-/m1/s1. The van der Waals surface area contributed by atoms with Crippen molar-refractivity contribution in [1.82, 2.24) is 0 Å². The van der Waals surface area contributed by atoms with Crippen LogP contribution in [0.15, 0.2) is 0 Å². The maximum Gasteiger partial charge on any atom is 0.0445 e. The van der Waals surface area contributed by atoms with Crippen LogP contribution < -0.4 is 10.2 Å². The molecule has 0 radical (unpaired) electrons. The summed E-state index contributed by atoms with van der Waals surface area (Å²) in [6, 6.07) is 0. The molecule has 0 spiro atoms. The van der Waals surface area contributed by atoms with Crippen LogP contribution in [0.1, 0.15) is 40.0 Å². The first kappa shape index (κ1) is 13.0. The van der Waals surface area contributed by atoms with Gasteiger partial charge in [0.05, 0.1) is 0 Å². The lowest BCUT2D eigenvalue weighted by Gasteiger charge is -2.42. The molecule has 2 atom stereocenters. The van der Waals surface area contributed by atoms with Gasteiger partial charge in [0.2, 0.25) is 0 Å². The Hall–Kier alpha value is -1.06. The average Bonchev–Trinajstić information content (AvgIpc) is 2.15. The third-order valence-electron chi connectivity index (χ3n) is 3.60. The van der Waals surface area contributed by atoms with Crippen molar-refractivity contribution in [1.29, 1.82) is 0 Å². The third-order valence-corrected chi connectivity index (χ3v) is 3.60. The van der Waals surface area contributed by atoms with Crippen molar-refractivity contribution in [2.24, 2.45) is 23.2 Å². The van der Waals surface area contributed by atoms with E-state index in [0.717, 1.165) is 0 Å². The van der Waals surface area contributed by atoms with Crippen LogP contribution in [0.5, 0.6) is 0 Å². The molecule has 0 bridgehead atoms. The van der Waals surface area contributed by atoms with Crippen molar-refractivity contribution < 1.29 is 19.8 Å². The van der Waals surface area contributed by atoms with E-state index in [1.165, 1.54) is 0 Å². The molecule has 0 amide bonds. The zero-order chi connectivity index (χ0) is 12.5. The van der Waals surface area contributed by atoms with Crippen molar-refractivity contribution in [3.05, 3.63) is 0 Å². The Morgan fingerprint density at radius 2 is 1.31 bits per heavy atom. The summed E-state index contributed by atoms with van der Waals surface area (Å²) in [5.41, 5.74) is -0.0815. The van der Waals surface area contributed by atoms with Crippen molar-refractivity contribution >= 4 is 11.9 Å². The minimum atomic E-state index is -1.14. The molecule has 1 aliphatic rings. The molecule has 0 unspecified atom stereocenters. The van der Waals surface area contributed by atoms with Gasteiger partial charge in [-0.1, -0.05) is 20.8 Å². The van der Waals surface area contributed by atoms with Crippen LogP contribution in [0.4, 0.5) is 0 Å². The van der Waals surface area contributed by atoms with Crippen molar-refractivity contribution in [3.63, 3.8) is 0 Å². The van der Waals surface area contributed by atoms with Crippen LogP contribution in [0.3, 0.4) is 0 Å². The Morgan fingerprint density at radius 3 is 1.56 bits per heavy atom. The van der Waals surface area contributed by atoms with Crippen LogP contribution in [-0.2, 0) is 9.59 Å². The predicted octanol–water partition coefficient (Wildman–Crippen LogP) is -0.435. The monoisotopic (exact) mass is 226 g/mol. The molecule has 1 fully saturated rings. The summed E-state index contributed by atoms with van der Waals surface area (Å²) in [4.78, 5) is 21.7. The fraction of sp³-hybridized carbons (Fsp3) is 0.833. The highest BCUT2D eigenvalue weighted by molar-refractivity contribution is 5.72. The molecular weight excluding hydrogens is 208 g/mol. The quantitative estimate of drug-likeness (QED) is 0.639. The first-order valence-electron chi connectivity index (χ1n) is 5.63. The second-order valence-corrected chi connectivity index (χ2v) is 5.80. The van der Waals surface area contributed by atoms with E-state index in [4.69, 9.17) is 0 Å². The molecule has 0 aliphatic heterocycles. The van der Waals surface area contributed by atoms with Crippen LogP contribution in [-0.4, -0.2) is 11.9 Å². The molecule has 0 saturated heterocycles. The van der Waals surface area contributed by atoms with Crippen LogP contribution in [0.2, 0.25) is 0 Å². The van der Waals surface area contributed by atoms with Gasteiger partial charge in [0.1, 0.15) is 0 Å². The Balaban J connectivity index is 2.82. The van der Waals surface area contributed by atoms with Gasteiger partial charge in [-0.25, -0.2) is 0 Å². The molecule has 0 N–H and O–H groups in total. The highest BCUT2D eigenvalue weighted by Gasteiger charge is 2.36. The lowest BCUT2D eigenvalue weighted by Crippen LogP contribution is -2.44. The molecule has 0 aromatic rings. The predicted molar refractivity (Wildman–Crippen MR) is 53.8 cm³/mol. The van der Waals surface area contributed by atoms with E-state index in [1.54, 1.807) is 0 Å². The van der Waals surface area contributed by atoms with Crippen molar-refractivity contribution in [2.45, 2.75) is 40.0 Å². The number of carbonyl (C=O) groups excluding carboxylic acids is 2. The zero-order valence-corrected chi connectivity index (χ0v) is 9.99. The van der Waals surface area contributed by atoms with Crippen molar-refractivity contribution in [2.75, 3.05) is 0 Å². The minimum absolute atomic E-state index is 0.0815. The van der Waals surface area contributed by atoms with Crippen LogP contribution in [0, 0.1) is 23.2 Å². The summed E-state index contributed by atoms with van der Waals surface area (Å²) in [6.45, 7) is 6.00. The molecule has 4 nitrogen and oxygen atoms in total. The van der Waals surface area contributed by atoms with E-state index in [-0.39, 0.29) is 17.8 Å². The van der Waals surface area contributed by atoms with Crippen molar-refractivity contribution in [3.8, 4) is 0 Å². The van der Waals surface area contributed by atoms with E-state index in [2.05, 4.69) is 0 Å². The fourth-order valence-corrected chi connectivity index (χ4v) is 2.41. The summed E-state index contributed by atoms with van der Waals surface area (Å²) in [5, 5.41) is 21.7. The number of carboxylic acid groups (broad SMARTS) is 2. The SMILES string of the molecule is CC(C)(C)C1C[C@H](C(=O)[O-])C[C@@H](C(=O)[O-])C1. The number of rotatable bonds is 2. The van der Waals surface area contributed by atoms with E-state index < -0.39 is 23.8 Å². The molecule has 0 aromatic carbocycles. The number of hydrogen-bond acceptors (Lipinski definition) is 4. The number of carboxylic acids is 2. The molecule has 4 heteroatoms. The summed E-state index contributed by atoms with van der Waals surface area (Å²) < 4.78 is 0. The van der Waals surface area contributed by atoms with Gasteiger partial charge in [-0.05, 0) is 42.4 Å². The lowest BCUT2D eigenvalue weighted by molar-refractivity contribution is -0.319. The summed E-state index contributed by atoms with van der Waals surface area (Å²) in [5.74, 6) is -3.49. The first-order valence-corrected chi connectivity index (χ1v) is 5.63. The second kappa shape index (κ2) is 4.44. The Bertz CT molecular complexity index is 268. The fourth-order valence-electron chi connectivity index (χ4n) is 2.41. The molecule has 0 heterocycles. The topological polar surface area (TPSA) is 80.3 Å². The van der Waals surface area contributed by atoms with Gasteiger partial charge in [-0.2, -0.15) is 0 Å². The van der Waals surface area contributed by atoms with E-state index in [0.29, 0.717) is 12.8 Å². The number of aliphatic carboxylic acids is 2. The molecule has 0 aromatic heterocycles. The van der Waals surface area contributed by atoms with Gasteiger partial charge in [-0.3, -0.25) is 0 Å². The first-order chi connectivity index (χ1) is 7.21. The van der Waals surface area contributed by atoms with Gasteiger partial charge in [0.25, 0.3) is 0 Å². The van der Waals surface area contributed by atoms with E-state index in [1.807, 2.05) is 20.8 Å². The van der Waals surface area contributed by atoms with E-state index in [9.17, 15) is 19.8 Å². The third kappa shape index (κ3) is 2.97. The molecule has 16 heavy (non-hydrogen) atoms. The number of hydrogen-bond donors (Lipinski definition) is 0. The van der Waals surface area contributed by atoms with Gasteiger partial charge < -0.3 is 19.8 Å². The lowest BCUT2D eigenvalue weighted by atomic mass is 9.66. The van der Waals surface area contributed by atoms with Crippen LogP contribution in [0.25, 0.3) is 0 Å². The van der Waals surface area contributed by atoms with Gasteiger partial charge in [0.15, 0.2) is 0 Å². The van der Waals surface area contributed by atoms with Gasteiger partial charge >= 0.3 is 0 Å². The van der Waals surface area contributed by atoms with E-state index >= 15 is 0 Å². The highest BCUT2D eigenvalue weighted by Crippen LogP contribution is 2.42. The second-order valence-electron chi connectivity index (χ2n) is 5.80. The summed E-state index contributed by atoms with van der Waals surface area (Å²) >= 11 is 0. The summed E-state index contributed by atoms with van der Waals surface area (Å²) in [6.07, 6.45) is 1.17. The Kier molecular flexibility index (Phi) is 3.61. The maximum atomic E-state index is 10.9. The van der Waals surface area contributed by atoms with Gasteiger partial charge in [0, 0.05) is 11.9 Å². The molecule has 1 aliphatic carbocycles. The zero-order valence-electron chi connectivity index (χ0n) is 9.99. The van der Waals surface area contributed by atoms with Gasteiger partial charge in [-0.15, -0.1) is 0 Å². The highest BCUT2D eigenvalue weighted by atomic mass is 16.4. The Labute approximate surface area is 95.7 Å². The largest absolute Gasteiger partial charge is 0.550 e. The maximum absolute atomic E-state index is 10.9.